The highest BCUT2D eigenvalue weighted by Crippen LogP contribution is 2.31. The Balaban J connectivity index is 1.60. The molecule has 0 spiro atoms. The number of aryl methyl sites for hydroxylation is 1. The molecule has 0 fully saturated rings. The molecular formula is C23H21BrN4O2. The predicted octanol–water partition coefficient (Wildman–Crippen LogP) is 5.81. The first-order valence-corrected chi connectivity index (χ1v) is 10.2. The summed E-state index contributed by atoms with van der Waals surface area (Å²) in [6.45, 7) is 2.71. The second kappa shape index (κ2) is 8.59. The fourth-order valence-electron chi connectivity index (χ4n) is 3.42. The van der Waals surface area contributed by atoms with Gasteiger partial charge in [0.25, 0.3) is 0 Å². The number of carbonyl (C=O) groups is 1. The summed E-state index contributed by atoms with van der Waals surface area (Å²) in [7, 11) is 1.57. The van der Waals surface area contributed by atoms with Crippen molar-refractivity contribution in [2.75, 3.05) is 17.7 Å². The number of aromatic nitrogens is 2. The van der Waals surface area contributed by atoms with Gasteiger partial charge in [-0.15, -0.1) is 0 Å². The van der Waals surface area contributed by atoms with Crippen LogP contribution >= 0.6 is 15.9 Å². The third kappa shape index (κ3) is 4.16. The lowest BCUT2D eigenvalue weighted by atomic mass is 10.1. The lowest BCUT2D eigenvalue weighted by molar-refractivity contribution is 0.262. The van der Waals surface area contributed by atoms with Crippen LogP contribution in [-0.4, -0.2) is 22.7 Å². The van der Waals surface area contributed by atoms with Crippen molar-refractivity contribution in [2.24, 2.45) is 0 Å². The molecule has 2 amide bonds. The van der Waals surface area contributed by atoms with E-state index < -0.39 is 0 Å². The number of carbonyl (C=O) groups excluding carboxylic acids is 1. The molecule has 0 unspecified atom stereocenters. The summed E-state index contributed by atoms with van der Waals surface area (Å²) in [4.78, 5) is 16.8. The van der Waals surface area contributed by atoms with Crippen molar-refractivity contribution in [3.05, 3.63) is 82.7 Å². The van der Waals surface area contributed by atoms with Crippen molar-refractivity contribution in [1.82, 2.24) is 9.55 Å². The highest BCUT2D eigenvalue weighted by Gasteiger charge is 2.13. The molecule has 0 saturated heterocycles. The van der Waals surface area contributed by atoms with Crippen molar-refractivity contribution in [3.8, 4) is 5.75 Å². The smallest absolute Gasteiger partial charge is 0.323 e. The highest BCUT2D eigenvalue weighted by atomic mass is 79.9. The Kier molecular flexibility index (Phi) is 5.72. The number of fused-ring (bicyclic) bond motifs is 1. The molecule has 0 saturated carbocycles. The zero-order chi connectivity index (χ0) is 21.1. The molecule has 4 aromatic rings. The van der Waals surface area contributed by atoms with Crippen LogP contribution in [0.2, 0.25) is 0 Å². The first kappa shape index (κ1) is 20.0. The minimum absolute atomic E-state index is 0.330. The maximum absolute atomic E-state index is 12.7. The van der Waals surface area contributed by atoms with Gasteiger partial charge in [0.15, 0.2) is 0 Å². The number of methoxy groups -OCH3 is 1. The van der Waals surface area contributed by atoms with Crippen LogP contribution in [0.25, 0.3) is 10.9 Å². The molecule has 0 atom stereocenters. The average molecular weight is 465 g/mol. The monoisotopic (exact) mass is 464 g/mol. The van der Waals surface area contributed by atoms with E-state index in [0.717, 1.165) is 38.7 Å². The summed E-state index contributed by atoms with van der Waals surface area (Å²) in [5.41, 5.74) is 4.57. The zero-order valence-electron chi connectivity index (χ0n) is 16.6. The Morgan fingerprint density at radius 1 is 1.10 bits per heavy atom. The van der Waals surface area contributed by atoms with Crippen molar-refractivity contribution >= 4 is 44.2 Å². The van der Waals surface area contributed by atoms with E-state index in [1.165, 1.54) is 0 Å². The van der Waals surface area contributed by atoms with Gasteiger partial charge in [0.2, 0.25) is 0 Å². The molecule has 30 heavy (non-hydrogen) atoms. The van der Waals surface area contributed by atoms with Gasteiger partial charge in [-0.25, -0.2) is 4.79 Å². The standard InChI is InChI=1S/C23H21BrN4O2/c1-15-3-5-20-18(9-12-28(20)14-16-7-10-25-11-8-16)22(15)27-23(29)26-19-13-17(24)4-6-21(19)30-2/h3-13H,14H2,1-2H3,(H2,26,27,29). The second-order valence-corrected chi connectivity index (χ2v) is 7.83. The Hall–Kier alpha value is -3.32. The van der Waals surface area contributed by atoms with Crippen LogP contribution in [0.5, 0.6) is 5.75 Å². The van der Waals surface area contributed by atoms with Crippen molar-refractivity contribution < 1.29 is 9.53 Å². The molecule has 0 radical (unpaired) electrons. The summed E-state index contributed by atoms with van der Waals surface area (Å²) >= 11 is 3.42. The lowest BCUT2D eigenvalue weighted by Gasteiger charge is -2.14. The minimum atomic E-state index is -0.330. The molecule has 152 valence electrons. The normalized spacial score (nSPS) is 10.8. The number of hydrogen-bond donors (Lipinski definition) is 2. The molecule has 2 aromatic heterocycles. The molecule has 2 N–H and O–H groups in total. The van der Waals surface area contributed by atoms with E-state index in [9.17, 15) is 4.79 Å². The van der Waals surface area contributed by atoms with Gasteiger partial charge in [-0.05, 0) is 60.5 Å². The first-order valence-electron chi connectivity index (χ1n) is 9.44. The number of amides is 2. The SMILES string of the molecule is COc1ccc(Br)cc1NC(=O)Nc1c(C)ccc2c1ccn2Cc1ccncc1. The third-order valence-corrected chi connectivity index (χ3v) is 5.41. The average Bonchev–Trinajstić information content (AvgIpc) is 3.14. The van der Waals surface area contributed by atoms with E-state index in [1.54, 1.807) is 31.6 Å². The van der Waals surface area contributed by atoms with Gasteiger partial charge in [0.1, 0.15) is 5.75 Å². The van der Waals surface area contributed by atoms with Crippen LogP contribution in [0.3, 0.4) is 0 Å². The molecule has 0 aliphatic carbocycles. The fourth-order valence-corrected chi connectivity index (χ4v) is 3.78. The van der Waals surface area contributed by atoms with Crippen molar-refractivity contribution in [3.63, 3.8) is 0 Å². The number of nitrogens with zero attached hydrogens (tertiary/aromatic N) is 2. The number of halogens is 1. The largest absolute Gasteiger partial charge is 0.495 e. The van der Waals surface area contributed by atoms with Crippen LogP contribution in [-0.2, 0) is 6.54 Å². The van der Waals surface area contributed by atoms with Gasteiger partial charge in [-0.3, -0.25) is 4.98 Å². The minimum Gasteiger partial charge on any atom is -0.495 e. The number of rotatable bonds is 5. The van der Waals surface area contributed by atoms with Gasteiger partial charge in [-0.1, -0.05) is 22.0 Å². The zero-order valence-corrected chi connectivity index (χ0v) is 18.2. The molecular weight excluding hydrogens is 444 g/mol. The Labute approximate surface area is 183 Å². The van der Waals surface area contributed by atoms with Crippen LogP contribution in [0.1, 0.15) is 11.1 Å². The van der Waals surface area contributed by atoms with Crippen LogP contribution in [0, 0.1) is 6.92 Å². The number of benzene rings is 2. The van der Waals surface area contributed by atoms with Crippen LogP contribution < -0.4 is 15.4 Å². The molecule has 6 nitrogen and oxygen atoms in total. The molecule has 4 rings (SSSR count). The number of hydrogen-bond acceptors (Lipinski definition) is 3. The summed E-state index contributed by atoms with van der Waals surface area (Å²) < 4.78 is 8.34. The summed E-state index contributed by atoms with van der Waals surface area (Å²) in [6.07, 6.45) is 5.61. The molecule has 7 heteroatoms. The summed E-state index contributed by atoms with van der Waals surface area (Å²) in [5.74, 6) is 0.590. The molecule has 0 aliphatic heterocycles. The Bertz CT molecular complexity index is 1200. The lowest BCUT2D eigenvalue weighted by Crippen LogP contribution is -2.20. The first-order chi connectivity index (χ1) is 14.5. The maximum Gasteiger partial charge on any atom is 0.323 e. The van der Waals surface area contributed by atoms with Gasteiger partial charge in [0.05, 0.1) is 24.0 Å². The van der Waals surface area contributed by atoms with Crippen LogP contribution in [0.15, 0.2) is 71.6 Å². The number of nitrogens with one attached hydrogen (secondary N) is 2. The number of urea groups is 1. The van der Waals surface area contributed by atoms with E-state index in [1.807, 2.05) is 43.5 Å². The highest BCUT2D eigenvalue weighted by molar-refractivity contribution is 9.10. The van der Waals surface area contributed by atoms with Gasteiger partial charge in [0, 0.05) is 35.0 Å². The van der Waals surface area contributed by atoms with Gasteiger partial charge < -0.3 is 19.9 Å². The quantitative estimate of drug-likeness (QED) is 0.391. The van der Waals surface area contributed by atoms with Crippen molar-refractivity contribution in [1.29, 1.82) is 0 Å². The Morgan fingerprint density at radius 2 is 1.90 bits per heavy atom. The summed E-state index contributed by atoms with van der Waals surface area (Å²) in [6, 6.07) is 15.2. The predicted molar refractivity (Wildman–Crippen MR) is 123 cm³/mol. The third-order valence-electron chi connectivity index (χ3n) is 4.91. The summed E-state index contributed by atoms with van der Waals surface area (Å²) in [5, 5.41) is 6.86. The molecule has 0 aliphatic rings. The molecule has 2 heterocycles. The van der Waals surface area contributed by atoms with Gasteiger partial charge >= 0.3 is 6.03 Å². The van der Waals surface area contributed by atoms with E-state index in [0.29, 0.717) is 11.4 Å². The topological polar surface area (TPSA) is 68.2 Å². The van der Waals surface area contributed by atoms with Gasteiger partial charge in [-0.2, -0.15) is 0 Å². The maximum atomic E-state index is 12.7. The number of ether oxygens (including phenoxy) is 1. The van der Waals surface area contributed by atoms with E-state index in [2.05, 4.69) is 42.2 Å². The van der Waals surface area contributed by atoms with E-state index >= 15 is 0 Å². The van der Waals surface area contributed by atoms with Crippen molar-refractivity contribution in [2.45, 2.75) is 13.5 Å². The van der Waals surface area contributed by atoms with Crippen LogP contribution in [0.4, 0.5) is 16.2 Å². The second-order valence-electron chi connectivity index (χ2n) is 6.91. The van der Waals surface area contributed by atoms with E-state index in [4.69, 9.17) is 4.74 Å². The molecule has 2 aromatic carbocycles. The number of pyridine rings is 1. The van der Waals surface area contributed by atoms with E-state index in [-0.39, 0.29) is 6.03 Å². The fraction of sp³-hybridized carbons (Fsp3) is 0.130. The number of anilines is 2. The Morgan fingerprint density at radius 3 is 2.67 bits per heavy atom. The molecule has 0 bridgehead atoms.